The van der Waals surface area contributed by atoms with E-state index in [0.29, 0.717) is 12.2 Å². The first kappa shape index (κ1) is 19.5. The highest BCUT2D eigenvalue weighted by molar-refractivity contribution is 7.99. The summed E-state index contributed by atoms with van der Waals surface area (Å²) in [6.45, 7) is 4.00. The average Bonchev–Trinajstić information content (AvgIpc) is 3.08. The molecule has 0 aromatic carbocycles. The Morgan fingerprint density at radius 2 is 1.96 bits per heavy atom. The van der Waals surface area contributed by atoms with Crippen LogP contribution in [0.25, 0.3) is 0 Å². The van der Waals surface area contributed by atoms with E-state index >= 15 is 0 Å². The van der Waals surface area contributed by atoms with E-state index in [2.05, 4.69) is 5.32 Å². The number of hydrogen-bond donors (Lipinski definition) is 3. The third kappa shape index (κ3) is 7.54. The number of carboxylic acids is 1. The quantitative estimate of drug-likeness (QED) is 0.392. The summed E-state index contributed by atoms with van der Waals surface area (Å²) in [7, 11) is 0. The van der Waals surface area contributed by atoms with Crippen LogP contribution in [0.3, 0.4) is 0 Å². The van der Waals surface area contributed by atoms with Crippen LogP contribution in [0.2, 0.25) is 0 Å². The van der Waals surface area contributed by atoms with Crippen LogP contribution in [0.15, 0.2) is 11.8 Å². The normalized spacial score (nSPS) is 19.2. The highest BCUT2D eigenvalue weighted by Crippen LogP contribution is 2.51. The minimum Gasteiger partial charge on any atom is -0.477 e. The number of carbonyl (C=O) groups excluding carboxylic acids is 2. The molecule has 23 heavy (non-hydrogen) atoms. The van der Waals surface area contributed by atoms with E-state index in [0.717, 1.165) is 31.4 Å². The van der Waals surface area contributed by atoms with Gasteiger partial charge in [-0.3, -0.25) is 9.59 Å². The van der Waals surface area contributed by atoms with Gasteiger partial charge in [-0.2, -0.15) is 11.8 Å². The molecule has 130 valence electrons. The molecule has 1 unspecified atom stereocenters. The number of nitrogens with two attached hydrogens (primary N) is 1. The van der Waals surface area contributed by atoms with Gasteiger partial charge in [-0.25, -0.2) is 4.79 Å². The summed E-state index contributed by atoms with van der Waals surface area (Å²) in [5.41, 5.74) is 5.00. The van der Waals surface area contributed by atoms with Gasteiger partial charge in [0.05, 0.1) is 5.75 Å². The molecule has 7 heteroatoms. The molecule has 1 fully saturated rings. The van der Waals surface area contributed by atoms with Gasteiger partial charge in [0.15, 0.2) is 0 Å². The number of primary amides is 1. The molecule has 1 aliphatic rings. The third-order valence-electron chi connectivity index (χ3n) is 3.90. The van der Waals surface area contributed by atoms with Crippen molar-refractivity contribution < 1.29 is 19.5 Å². The number of unbranched alkanes of at least 4 members (excludes halogenated alkanes) is 3. The predicted octanol–water partition coefficient (Wildman–Crippen LogP) is 1.90. The number of carboxylic acid groups (broad SMARTS) is 1. The van der Waals surface area contributed by atoms with Gasteiger partial charge in [-0.1, -0.05) is 26.3 Å². The smallest absolute Gasteiger partial charge is 0.352 e. The molecular formula is C16H26N2O4S. The van der Waals surface area contributed by atoms with Crippen molar-refractivity contribution >= 4 is 29.5 Å². The molecule has 0 aromatic rings. The molecule has 0 radical (unpaired) electrons. The maximum absolute atomic E-state index is 11.9. The van der Waals surface area contributed by atoms with Crippen LogP contribution in [0.4, 0.5) is 0 Å². The number of thioether (sulfide) groups is 1. The number of carbonyl (C=O) groups is 3. The van der Waals surface area contributed by atoms with Crippen molar-refractivity contribution in [3.8, 4) is 0 Å². The van der Waals surface area contributed by atoms with Gasteiger partial charge in [0, 0.05) is 5.92 Å². The molecule has 1 rings (SSSR count). The average molecular weight is 342 g/mol. The summed E-state index contributed by atoms with van der Waals surface area (Å²) in [6, 6.07) is 0. The molecule has 0 aliphatic heterocycles. The number of nitrogens with one attached hydrogen (secondary N) is 1. The van der Waals surface area contributed by atoms with E-state index in [9.17, 15) is 14.4 Å². The lowest BCUT2D eigenvalue weighted by atomic mass is 10.1. The lowest BCUT2D eigenvalue weighted by molar-refractivity contribution is -0.135. The Morgan fingerprint density at radius 1 is 1.30 bits per heavy atom. The Bertz CT molecular complexity index is 488. The van der Waals surface area contributed by atoms with Crippen LogP contribution in [-0.2, 0) is 14.4 Å². The molecule has 1 atom stereocenters. The highest BCUT2D eigenvalue weighted by atomic mass is 32.2. The standard InChI is InChI=1S/C16H26N2O4S/c1-16(2)9-11(16)14(20)18-12(15(21)22)7-5-3-4-6-8-23-10-13(17)19/h7,11H,3-6,8-10H2,1-2H3,(H2,17,19)(H,18,20)(H,21,22). The topological polar surface area (TPSA) is 109 Å². The maximum Gasteiger partial charge on any atom is 0.352 e. The third-order valence-corrected chi connectivity index (χ3v) is 4.97. The number of allylic oxidation sites excluding steroid dienone is 1. The van der Waals surface area contributed by atoms with Crippen molar-refractivity contribution in [2.75, 3.05) is 11.5 Å². The van der Waals surface area contributed by atoms with E-state index in [1.165, 1.54) is 11.8 Å². The Balaban J connectivity index is 2.24. The predicted molar refractivity (Wildman–Crippen MR) is 90.7 cm³/mol. The lowest BCUT2D eigenvalue weighted by Crippen LogP contribution is -2.29. The van der Waals surface area contributed by atoms with Gasteiger partial charge < -0.3 is 16.2 Å². The SMILES string of the molecule is CC1(C)CC1C(=O)NC(=CCCCCCSCC(N)=O)C(=O)O. The van der Waals surface area contributed by atoms with E-state index in [4.69, 9.17) is 10.8 Å². The van der Waals surface area contributed by atoms with E-state index in [1.54, 1.807) is 6.08 Å². The van der Waals surface area contributed by atoms with Crippen LogP contribution in [0.1, 0.15) is 46.0 Å². The summed E-state index contributed by atoms with van der Waals surface area (Å²) in [6.07, 6.45) is 5.73. The second kappa shape index (κ2) is 8.96. The summed E-state index contributed by atoms with van der Waals surface area (Å²) in [5, 5.41) is 11.7. The molecule has 0 bridgehead atoms. The summed E-state index contributed by atoms with van der Waals surface area (Å²) in [5.74, 6) is -0.495. The number of aliphatic carboxylic acids is 1. The zero-order chi connectivity index (χ0) is 17.5. The Labute approximate surface area is 141 Å². The summed E-state index contributed by atoms with van der Waals surface area (Å²) in [4.78, 5) is 33.7. The van der Waals surface area contributed by atoms with Crippen LogP contribution < -0.4 is 11.1 Å². The van der Waals surface area contributed by atoms with Gasteiger partial charge in [0.25, 0.3) is 0 Å². The Morgan fingerprint density at radius 3 is 2.48 bits per heavy atom. The molecular weight excluding hydrogens is 316 g/mol. The lowest BCUT2D eigenvalue weighted by Gasteiger charge is -2.07. The fraction of sp³-hybridized carbons (Fsp3) is 0.688. The van der Waals surface area contributed by atoms with Crippen molar-refractivity contribution in [3.05, 3.63) is 11.8 Å². The first-order valence-corrected chi connectivity index (χ1v) is 9.00. The van der Waals surface area contributed by atoms with Gasteiger partial charge in [0.1, 0.15) is 5.70 Å². The van der Waals surface area contributed by atoms with Gasteiger partial charge >= 0.3 is 5.97 Å². The van der Waals surface area contributed by atoms with Crippen molar-refractivity contribution in [1.82, 2.24) is 5.32 Å². The first-order valence-electron chi connectivity index (χ1n) is 7.84. The molecule has 0 spiro atoms. The van der Waals surface area contributed by atoms with Crippen molar-refractivity contribution in [2.45, 2.75) is 46.0 Å². The molecule has 0 aromatic heterocycles. The zero-order valence-corrected chi connectivity index (χ0v) is 14.6. The van der Waals surface area contributed by atoms with Crippen LogP contribution in [-0.4, -0.2) is 34.4 Å². The van der Waals surface area contributed by atoms with E-state index < -0.39 is 5.97 Å². The van der Waals surface area contributed by atoms with E-state index in [1.807, 2.05) is 13.8 Å². The number of amides is 2. The van der Waals surface area contributed by atoms with Gasteiger partial charge in [-0.05, 0) is 36.9 Å². The van der Waals surface area contributed by atoms with Crippen molar-refractivity contribution in [3.63, 3.8) is 0 Å². The van der Waals surface area contributed by atoms with Crippen LogP contribution >= 0.6 is 11.8 Å². The molecule has 2 amide bonds. The zero-order valence-electron chi connectivity index (χ0n) is 13.8. The molecule has 6 nitrogen and oxygen atoms in total. The summed E-state index contributed by atoms with van der Waals surface area (Å²) >= 11 is 1.51. The fourth-order valence-electron chi connectivity index (χ4n) is 2.27. The van der Waals surface area contributed by atoms with Crippen molar-refractivity contribution in [1.29, 1.82) is 0 Å². The van der Waals surface area contributed by atoms with Gasteiger partial charge in [-0.15, -0.1) is 0 Å². The fourth-order valence-corrected chi connectivity index (χ4v) is 3.02. The second-order valence-corrected chi connectivity index (χ2v) is 7.63. The molecule has 0 saturated heterocycles. The van der Waals surface area contributed by atoms with Crippen molar-refractivity contribution in [2.24, 2.45) is 17.1 Å². The molecule has 1 aliphatic carbocycles. The van der Waals surface area contributed by atoms with E-state index in [-0.39, 0.29) is 28.8 Å². The minimum absolute atomic E-state index is 0.0176. The van der Waals surface area contributed by atoms with Crippen LogP contribution in [0.5, 0.6) is 0 Å². The minimum atomic E-state index is -1.10. The Hall–Kier alpha value is -1.50. The Kier molecular flexibility index (Phi) is 7.61. The maximum atomic E-state index is 11.9. The van der Waals surface area contributed by atoms with Crippen LogP contribution in [0, 0.1) is 11.3 Å². The highest BCUT2D eigenvalue weighted by Gasteiger charge is 2.50. The molecule has 0 heterocycles. The van der Waals surface area contributed by atoms with Gasteiger partial charge in [0.2, 0.25) is 11.8 Å². The molecule has 4 N–H and O–H groups in total. The monoisotopic (exact) mass is 342 g/mol. The second-order valence-electron chi connectivity index (χ2n) is 6.53. The molecule has 1 saturated carbocycles. The number of hydrogen-bond acceptors (Lipinski definition) is 4. The largest absolute Gasteiger partial charge is 0.477 e. The summed E-state index contributed by atoms with van der Waals surface area (Å²) < 4.78 is 0. The first-order chi connectivity index (χ1) is 10.7. The number of rotatable bonds is 11.